The van der Waals surface area contributed by atoms with Gasteiger partial charge in [0.2, 0.25) is 0 Å². The third-order valence-corrected chi connectivity index (χ3v) is 5.48. The molecule has 1 fully saturated rings. The monoisotopic (exact) mass is 269 g/mol. The first-order chi connectivity index (χ1) is 8.15. The molecule has 1 aromatic carbocycles. The fourth-order valence-corrected chi connectivity index (χ4v) is 4.05. The van der Waals surface area contributed by atoms with E-state index < -0.39 is 10.8 Å². The van der Waals surface area contributed by atoms with Crippen LogP contribution in [0.1, 0.15) is 37.8 Å². The zero-order chi connectivity index (χ0) is 12.0. The zero-order valence-electron chi connectivity index (χ0n) is 9.78. The lowest BCUT2D eigenvalue weighted by molar-refractivity contribution is 0.475. The predicted octanol–water partition coefficient (Wildman–Crippen LogP) is 3.03. The van der Waals surface area contributed by atoms with Crippen molar-refractivity contribution in [3.05, 3.63) is 28.8 Å². The van der Waals surface area contributed by atoms with E-state index in [2.05, 4.69) is 12.2 Å². The molecule has 3 atom stereocenters. The second kappa shape index (κ2) is 4.38. The fourth-order valence-electron chi connectivity index (χ4n) is 2.43. The van der Waals surface area contributed by atoms with Crippen LogP contribution in [0.25, 0.3) is 0 Å². The van der Waals surface area contributed by atoms with Crippen molar-refractivity contribution < 1.29 is 4.21 Å². The average molecular weight is 270 g/mol. The van der Waals surface area contributed by atoms with Crippen LogP contribution in [0.3, 0.4) is 0 Å². The Morgan fingerprint density at radius 3 is 2.88 bits per heavy atom. The van der Waals surface area contributed by atoms with Gasteiger partial charge in [0.1, 0.15) is 0 Å². The van der Waals surface area contributed by atoms with E-state index in [1.54, 1.807) is 0 Å². The SMILES string of the molecule is CC1CC(NC2CC2)c2cc(Cl)ccc2S1=O. The van der Waals surface area contributed by atoms with Gasteiger partial charge in [-0.2, -0.15) is 0 Å². The number of hydrogen-bond acceptors (Lipinski definition) is 2. The van der Waals surface area contributed by atoms with Crippen molar-refractivity contribution in [3.63, 3.8) is 0 Å². The number of benzene rings is 1. The zero-order valence-corrected chi connectivity index (χ0v) is 11.4. The summed E-state index contributed by atoms with van der Waals surface area (Å²) in [6.07, 6.45) is 3.48. The molecule has 1 aromatic rings. The Morgan fingerprint density at radius 2 is 2.18 bits per heavy atom. The minimum Gasteiger partial charge on any atom is -0.307 e. The quantitative estimate of drug-likeness (QED) is 0.894. The molecule has 1 aliphatic heterocycles. The first-order valence-corrected chi connectivity index (χ1v) is 7.70. The Hall–Kier alpha value is -0.380. The molecule has 1 aliphatic carbocycles. The molecular formula is C13H16ClNOS. The highest BCUT2D eigenvalue weighted by atomic mass is 35.5. The maximum Gasteiger partial charge on any atom is 0.0562 e. The van der Waals surface area contributed by atoms with Crippen molar-refractivity contribution in [1.29, 1.82) is 0 Å². The molecule has 1 saturated carbocycles. The normalized spacial score (nSPS) is 32.2. The summed E-state index contributed by atoms with van der Waals surface area (Å²) in [5.41, 5.74) is 1.14. The summed E-state index contributed by atoms with van der Waals surface area (Å²) >= 11 is 6.05. The third kappa shape index (κ3) is 2.28. The number of rotatable bonds is 2. The molecule has 0 aromatic heterocycles. The Balaban J connectivity index is 1.99. The summed E-state index contributed by atoms with van der Waals surface area (Å²) in [5.74, 6) is 0. The minimum absolute atomic E-state index is 0.222. The highest BCUT2D eigenvalue weighted by molar-refractivity contribution is 7.85. The standard InChI is InChI=1S/C13H16ClNOS/c1-8-6-12(15-10-3-4-10)11-7-9(14)2-5-13(11)17(8)16/h2,5,7-8,10,12,15H,3-4,6H2,1H3. The van der Waals surface area contributed by atoms with Crippen LogP contribution in [0.4, 0.5) is 0 Å². The van der Waals surface area contributed by atoms with E-state index in [1.165, 1.54) is 12.8 Å². The van der Waals surface area contributed by atoms with E-state index in [0.717, 1.165) is 21.9 Å². The van der Waals surface area contributed by atoms with E-state index >= 15 is 0 Å². The van der Waals surface area contributed by atoms with Crippen LogP contribution in [0, 0.1) is 0 Å². The van der Waals surface area contributed by atoms with Gasteiger partial charge in [-0.15, -0.1) is 0 Å². The van der Waals surface area contributed by atoms with Gasteiger partial charge >= 0.3 is 0 Å². The van der Waals surface area contributed by atoms with E-state index in [9.17, 15) is 4.21 Å². The molecule has 2 nitrogen and oxygen atoms in total. The Kier molecular flexibility index (Phi) is 3.01. The van der Waals surface area contributed by atoms with Crippen LogP contribution in [0.15, 0.2) is 23.1 Å². The van der Waals surface area contributed by atoms with Gasteiger partial charge in [-0.05, 0) is 43.0 Å². The minimum atomic E-state index is -0.882. The van der Waals surface area contributed by atoms with Crippen LogP contribution in [0.2, 0.25) is 5.02 Å². The summed E-state index contributed by atoms with van der Waals surface area (Å²) in [6.45, 7) is 2.06. The molecule has 1 N–H and O–H groups in total. The number of nitrogens with one attached hydrogen (secondary N) is 1. The molecule has 1 heterocycles. The Morgan fingerprint density at radius 1 is 1.41 bits per heavy atom. The van der Waals surface area contributed by atoms with Gasteiger partial charge in [-0.25, -0.2) is 0 Å². The highest BCUT2D eigenvalue weighted by Crippen LogP contribution is 2.37. The lowest BCUT2D eigenvalue weighted by Crippen LogP contribution is -2.32. The van der Waals surface area contributed by atoms with Crippen LogP contribution in [-0.4, -0.2) is 15.5 Å². The van der Waals surface area contributed by atoms with Gasteiger partial charge in [0.15, 0.2) is 0 Å². The second-order valence-electron chi connectivity index (χ2n) is 5.02. The van der Waals surface area contributed by atoms with E-state index in [0.29, 0.717) is 12.1 Å². The maximum absolute atomic E-state index is 12.2. The average Bonchev–Trinajstić information content (AvgIpc) is 3.09. The Labute approximate surface area is 109 Å². The van der Waals surface area contributed by atoms with Gasteiger partial charge in [0.05, 0.1) is 10.8 Å². The molecule has 0 amide bonds. The second-order valence-corrected chi connectivity index (χ2v) is 7.30. The van der Waals surface area contributed by atoms with Gasteiger partial charge < -0.3 is 5.32 Å². The number of fused-ring (bicyclic) bond motifs is 1. The largest absolute Gasteiger partial charge is 0.307 e. The molecule has 2 aliphatic rings. The van der Waals surface area contributed by atoms with E-state index in [-0.39, 0.29) is 5.25 Å². The lowest BCUT2D eigenvalue weighted by atomic mass is 10.0. The van der Waals surface area contributed by atoms with Crippen LogP contribution < -0.4 is 5.32 Å². The molecular weight excluding hydrogens is 254 g/mol. The van der Waals surface area contributed by atoms with Crippen molar-refractivity contribution in [2.75, 3.05) is 0 Å². The van der Waals surface area contributed by atoms with Crippen molar-refractivity contribution in [2.45, 2.75) is 48.4 Å². The van der Waals surface area contributed by atoms with E-state index in [4.69, 9.17) is 11.6 Å². The molecule has 3 rings (SSSR count). The fraction of sp³-hybridized carbons (Fsp3) is 0.538. The van der Waals surface area contributed by atoms with Crippen LogP contribution >= 0.6 is 11.6 Å². The third-order valence-electron chi connectivity index (χ3n) is 3.51. The van der Waals surface area contributed by atoms with Gasteiger partial charge in [0.25, 0.3) is 0 Å². The first kappa shape index (κ1) is 11.7. The van der Waals surface area contributed by atoms with Crippen LogP contribution in [0.5, 0.6) is 0 Å². The molecule has 0 radical (unpaired) electrons. The van der Waals surface area contributed by atoms with Gasteiger partial charge in [0, 0.05) is 27.3 Å². The molecule has 0 spiro atoms. The van der Waals surface area contributed by atoms with Crippen molar-refractivity contribution >= 4 is 22.4 Å². The topological polar surface area (TPSA) is 29.1 Å². The van der Waals surface area contributed by atoms with Crippen molar-refractivity contribution in [1.82, 2.24) is 5.32 Å². The van der Waals surface area contributed by atoms with Crippen molar-refractivity contribution in [3.8, 4) is 0 Å². The predicted molar refractivity (Wildman–Crippen MR) is 70.8 cm³/mol. The summed E-state index contributed by atoms with van der Waals surface area (Å²) in [5, 5.41) is 4.59. The summed E-state index contributed by atoms with van der Waals surface area (Å²) in [4.78, 5) is 0.964. The molecule has 0 bridgehead atoms. The van der Waals surface area contributed by atoms with Gasteiger partial charge in [-0.1, -0.05) is 18.5 Å². The molecule has 17 heavy (non-hydrogen) atoms. The smallest absolute Gasteiger partial charge is 0.0562 e. The van der Waals surface area contributed by atoms with Gasteiger partial charge in [-0.3, -0.25) is 4.21 Å². The number of halogens is 1. The highest BCUT2D eigenvalue weighted by Gasteiger charge is 2.33. The summed E-state index contributed by atoms with van der Waals surface area (Å²) < 4.78 is 12.2. The maximum atomic E-state index is 12.2. The Bertz CT molecular complexity index is 472. The molecule has 4 heteroatoms. The molecule has 92 valence electrons. The first-order valence-electron chi connectivity index (χ1n) is 6.11. The summed E-state index contributed by atoms with van der Waals surface area (Å²) in [6, 6.07) is 6.71. The summed E-state index contributed by atoms with van der Waals surface area (Å²) in [7, 11) is -0.882. The lowest BCUT2D eigenvalue weighted by Gasteiger charge is -2.30. The molecule has 0 saturated heterocycles. The molecule has 3 unspecified atom stereocenters. The van der Waals surface area contributed by atoms with Crippen molar-refractivity contribution in [2.24, 2.45) is 0 Å². The number of hydrogen-bond donors (Lipinski definition) is 1. The van der Waals surface area contributed by atoms with E-state index in [1.807, 2.05) is 18.2 Å². The van der Waals surface area contributed by atoms with Crippen LogP contribution in [-0.2, 0) is 10.8 Å².